The van der Waals surface area contributed by atoms with Crippen LogP contribution in [0.2, 0.25) is 0 Å². The van der Waals surface area contributed by atoms with Crippen LogP contribution in [0.1, 0.15) is 232 Å². The maximum absolute atomic E-state index is 14.3. The predicted octanol–water partition coefficient (Wildman–Crippen LogP) is 19.2. The molecule has 1 saturated carbocycles. The van der Waals surface area contributed by atoms with E-state index in [9.17, 15) is 14.0 Å². The average Bonchev–Trinajstić information content (AvgIpc) is 3.84. The molecular weight excluding hydrogens is 864 g/mol. The Balaban J connectivity index is 0. The molecule has 400 valence electrons. The molecule has 6 heteroatoms. The third kappa shape index (κ3) is 26.2. The lowest BCUT2D eigenvalue weighted by Crippen LogP contribution is -2.39. The molecular formula is C64H109FN2O3. The lowest BCUT2D eigenvalue weighted by molar-refractivity contribution is -0.128. The Morgan fingerprint density at radius 3 is 1.87 bits per heavy atom. The molecule has 2 aliphatic rings. The van der Waals surface area contributed by atoms with Crippen molar-refractivity contribution in [3.05, 3.63) is 101 Å². The van der Waals surface area contributed by atoms with E-state index in [1.165, 1.54) is 51.0 Å². The first kappa shape index (κ1) is 68.4. The number of hydrogen-bond acceptors (Lipinski definition) is 5. The molecule has 0 spiro atoms. The van der Waals surface area contributed by atoms with E-state index >= 15 is 0 Å². The van der Waals surface area contributed by atoms with Crippen molar-refractivity contribution >= 4 is 23.4 Å². The fraction of sp³-hybridized carbons (Fsp3) is 0.672. The number of aliphatic imine (C=N–C) groups is 1. The van der Waals surface area contributed by atoms with E-state index in [-0.39, 0.29) is 17.8 Å². The Labute approximate surface area is 433 Å². The Hall–Kier alpha value is -3.64. The van der Waals surface area contributed by atoms with Crippen LogP contribution in [0.5, 0.6) is 0 Å². The van der Waals surface area contributed by atoms with Crippen molar-refractivity contribution in [3.8, 4) is 0 Å². The van der Waals surface area contributed by atoms with E-state index in [1.807, 2.05) is 67.7 Å². The molecule has 1 atom stereocenters. The number of carbonyl (C=O) groups excluding carboxylic acids is 2. The van der Waals surface area contributed by atoms with Gasteiger partial charge in [-0.15, -0.1) is 0 Å². The van der Waals surface area contributed by atoms with Crippen LogP contribution in [0.25, 0.3) is 5.57 Å². The fourth-order valence-corrected chi connectivity index (χ4v) is 9.00. The zero-order valence-electron chi connectivity index (χ0n) is 49.2. The Morgan fingerprint density at radius 2 is 1.49 bits per heavy atom. The number of allylic oxidation sites excluding steroid dienone is 8. The van der Waals surface area contributed by atoms with Crippen LogP contribution in [-0.2, 0) is 19.7 Å². The van der Waals surface area contributed by atoms with Gasteiger partial charge in [-0.2, -0.15) is 0 Å². The van der Waals surface area contributed by atoms with Crippen molar-refractivity contribution in [2.75, 3.05) is 13.2 Å². The first-order valence-corrected chi connectivity index (χ1v) is 27.6. The summed E-state index contributed by atoms with van der Waals surface area (Å²) in [5.41, 5.74) is 6.91. The number of nitrogens with one attached hydrogen (secondary N) is 1. The minimum atomic E-state index is -0.463. The number of ketones is 2. The second-order valence-electron chi connectivity index (χ2n) is 22.1. The van der Waals surface area contributed by atoms with Gasteiger partial charge in [-0.1, -0.05) is 187 Å². The third-order valence-corrected chi connectivity index (χ3v) is 13.2. The van der Waals surface area contributed by atoms with Crippen molar-refractivity contribution in [2.45, 2.75) is 227 Å². The maximum Gasteiger partial charge on any atom is 0.146 e. The maximum atomic E-state index is 14.3. The largest absolute Gasteiger partial charge is 0.381 e. The molecule has 0 aromatic heterocycles. The van der Waals surface area contributed by atoms with E-state index < -0.39 is 11.2 Å². The molecule has 0 bridgehead atoms. The van der Waals surface area contributed by atoms with Crippen LogP contribution < -0.4 is 5.32 Å². The van der Waals surface area contributed by atoms with Gasteiger partial charge in [0, 0.05) is 36.3 Å². The van der Waals surface area contributed by atoms with Crippen molar-refractivity contribution < 1.29 is 18.7 Å². The van der Waals surface area contributed by atoms with Crippen molar-refractivity contribution in [3.63, 3.8) is 0 Å². The van der Waals surface area contributed by atoms with Gasteiger partial charge in [0.2, 0.25) is 0 Å². The Kier molecular flexibility index (Phi) is 36.3. The number of Topliss-reactive ketones (excluding diaryl/α,β-unsaturated/α-hetero) is 2. The summed E-state index contributed by atoms with van der Waals surface area (Å²) in [7, 11) is 0. The van der Waals surface area contributed by atoms with E-state index in [2.05, 4.69) is 120 Å². The number of halogens is 1. The minimum Gasteiger partial charge on any atom is -0.381 e. The molecule has 1 unspecified atom stereocenters. The topological polar surface area (TPSA) is 67.8 Å². The van der Waals surface area contributed by atoms with Crippen LogP contribution in [0.4, 0.5) is 4.39 Å². The zero-order chi connectivity index (χ0) is 54.2. The Morgan fingerprint density at radius 1 is 0.914 bits per heavy atom. The van der Waals surface area contributed by atoms with Gasteiger partial charge in [0.05, 0.1) is 23.4 Å². The van der Waals surface area contributed by atoms with Crippen molar-refractivity contribution in [1.29, 1.82) is 0 Å². The van der Waals surface area contributed by atoms with Crippen molar-refractivity contribution in [1.82, 2.24) is 5.32 Å². The lowest BCUT2D eigenvalue weighted by Gasteiger charge is -2.36. The summed E-state index contributed by atoms with van der Waals surface area (Å²) in [6.07, 6.45) is 23.7. The smallest absolute Gasteiger partial charge is 0.146 e. The van der Waals surface area contributed by atoms with E-state index in [4.69, 9.17) is 9.73 Å². The number of ether oxygens (including phenoxy) is 1. The van der Waals surface area contributed by atoms with Gasteiger partial charge in [0.25, 0.3) is 0 Å². The van der Waals surface area contributed by atoms with E-state index in [1.54, 1.807) is 12.2 Å². The van der Waals surface area contributed by atoms with Gasteiger partial charge in [0.15, 0.2) is 0 Å². The zero-order valence-corrected chi connectivity index (χ0v) is 49.2. The van der Waals surface area contributed by atoms with Crippen LogP contribution in [-0.4, -0.2) is 31.0 Å². The highest BCUT2D eigenvalue weighted by Gasteiger charge is 2.40. The highest BCUT2D eigenvalue weighted by molar-refractivity contribution is 5.92. The van der Waals surface area contributed by atoms with Crippen LogP contribution >= 0.6 is 0 Å². The van der Waals surface area contributed by atoms with Crippen LogP contribution in [0, 0.1) is 47.8 Å². The first-order valence-electron chi connectivity index (χ1n) is 27.6. The summed E-state index contributed by atoms with van der Waals surface area (Å²) in [5.74, 6) is 3.59. The molecule has 2 fully saturated rings. The molecule has 70 heavy (non-hydrogen) atoms. The van der Waals surface area contributed by atoms with Gasteiger partial charge in [-0.25, -0.2) is 4.39 Å². The first-order chi connectivity index (χ1) is 32.8. The predicted molar refractivity (Wildman–Crippen MR) is 308 cm³/mol. The number of carbonyl (C=O) groups is 2. The molecule has 3 rings (SSSR count). The minimum absolute atomic E-state index is 0.0243. The van der Waals surface area contributed by atoms with Crippen LogP contribution in [0.3, 0.4) is 0 Å². The standard InChI is InChI=1S/C36H51FN2O.C8H14O2.C8H16.C8H18.C4H10/c1-12-17-33(32(37)16-5)39-29(11)28(10)34(38-22-15-4)24-26(8)30-18-19-31(27(9)23-30)36(20-13-2,21-14-3)35(40)25(6)7;1-6(2)8(9)7-3-4-10-5-7;1-3-4-8-5-7(2)6-8;1-5-7-8(3,4)6-2;1-4(2)3/h12,16-19,22-25,39H,5,8,13-15,20-21H2,1-4,6-7,9-11H3;6-7H,3-5H2,1-2H3;7-8H,3-6H2,1-2H3;5-7H2,1-4H3;4H,1-3H3/b17-12-,29-28+,33-32-,34-24+,38-22?;;;;. The highest BCUT2D eigenvalue weighted by atomic mass is 19.1. The third-order valence-electron chi connectivity index (χ3n) is 13.2. The Bertz CT molecular complexity index is 1810. The van der Waals surface area contributed by atoms with E-state index in [0.717, 1.165) is 102 Å². The van der Waals surface area contributed by atoms with Crippen LogP contribution in [0.15, 0.2) is 89.1 Å². The monoisotopic (exact) mass is 973 g/mol. The number of hydrogen-bond donors (Lipinski definition) is 1. The molecule has 1 aromatic rings. The quantitative estimate of drug-likeness (QED) is 0.0876. The normalized spacial score (nSPS) is 17.8. The number of nitrogens with zero attached hydrogens (tertiary/aromatic N) is 1. The number of aryl methyl sites for hydroxylation is 1. The second-order valence-corrected chi connectivity index (χ2v) is 22.1. The van der Waals surface area contributed by atoms with Gasteiger partial charge >= 0.3 is 0 Å². The summed E-state index contributed by atoms with van der Waals surface area (Å²) in [5, 5.41) is 3.16. The number of benzene rings is 1. The fourth-order valence-electron chi connectivity index (χ4n) is 9.00. The van der Waals surface area contributed by atoms with E-state index in [0.29, 0.717) is 29.3 Å². The van der Waals surface area contributed by atoms with Gasteiger partial charge < -0.3 is 10.1 Å². The summed E-state index contributed by atoms with van der Waals surface area (Å²) in [4.78, 5) is 29.6. The van der Waals surface area contributed by atoms with Gasteiger partial charge in [0.1, 0.15) is 17.4 Å². The summed E-state index contributed by atoms with van der Waals surface area (Å²) < 4.78 is 19.4. The molecule has 1 aliphatic carbocycles. The molecule has 1 N–H and O–H groups in total. The van der Waals surface area contributed by atoms with Gasteiger partial charge in [-0.05, 0) is 142 Å². The van der Waals surface area contributed by atoms with Crippen molar-refractivity contribution in [2.24, 2.45) is 45.9 Å². The molecule has 1 aliphatic heterocycles. The second kappa shape index (κ2) is 37.2. The molecule has 1 heterocycles. The number of rotatable bonds is 23. The average molecular weight is 974 g/mol. The molecule has 5 nitrogen and oxygen atoms in total. The lowest BCUT2D eigenvalue weighted by atomic mass is 9.66. The molecule has 0 amide bonds. The molecule has 0 radical (unpaired) electrons. The summed E-state index contributed by atoms with van der Waals surface area (Å²) in [6.45, 7) is 51.7. The SMILES string of the molecule is C=C/C(F)=C(\C=C/C)N/C(C)=C(C)/C(=C\C(=C)c1ccc(C(CCC)(CCC)C(=O)C(C)C)c(C)c1)N=CCC.CC(C)C.CC(C)C(=O)C1CCOC1.CCCC(C)(C)CC.CCCC1CC(C)C1. The molecule has 1 aromatic carbocycles. The molecule has 1 saturated heterocycles. The summed E-state index contributed by atoms with van der Waals surface area (Å²) in [6, 6.07) is 6.35. The summed E-state index contributed by atoms with van der Waals surface area (Å²) >= 11 is 0. The highest BCUT2D eigenvalue weighted by Crippen LogP contribution is 2.40. The van der Waals surface area contributed by atoms with Gasteiger partial charge in [-0.3, -0.25) is 14.6 Å².